The third kappa shape index (κ3) is 3.49. The summed E-state index contributed by atoms with van der Waals surface area (Å²) in [4.78, 5) is 25.2. The van der Waals surface area contributed by atoms with Gasteiger partial charge in [0.15, 0.2) is 0 Å². The highest BCUT2D eigenvalue weighted by Crippen LogP contribution is 2.35. The molecule has 0 aliphatic carbocycles. The molecule has 0 amide bonds. The largest absolute Gasteiger partial charge is 0.356 e. The van der Waals surface area contributed by atoms with Gasteiger partial charge in [0.2, 0.25) is 0 Å². The van der Waals surface area contributed by atoms with Crippen LogP contribution in [0.3, 0.4) is 0 Å². The molecule has 2 aliphatic rings. The molecule has 0 N–H and O–H groups in total. The molecule has 1 fully saturated rings. The van der Waals surface area contributed by atoms with Crippen LogP contribution in [-0.4, -0.2) is 27.6 Å². The SMILES string of the molecule is O=c1c2cc(N3CC[C@@H](c4ccccc4)C3)nc(-c3ccc(Cl)cc3F)c2nc2n1CCC2. The summed E-state index contributed by atoms with van der Waals surface area (Å²) >= 11 is 6.00. The molecule has 4 aromatic rings. The Morgan fingerprint density at radius 1 is 1.03 bits per heavy atom. The van der Waals surface area contributed by atoms with Gasteiger partial charge in [-0.3, -0.25) is 9.36 Å². The van der Waals surface area contributed by atoms with Gasteiger partial charge in [0.05, 0.1) is 5.39 Å². The number of rotatable bonds is 3. The minimum Gasteiger partial charge on any atom is -0.356 e. The number of anilines is 1. The number of hydrogen-bond donors (Lipinski definition) is 0. The first-order valence-corrected chi connectivity index (χ1v) is 11.7. The lowest BCUT2D eigenvalue weighted by molar-refractivity contribution is 0.631. The minimum absolute atomic E-state index is 0.0782. The van der Waals surface area contributed by atoms with Crippen LogP contribution < -0.4 is 10.5 Å². The Kier molecular flexibility index (Phi) is 4.91. The Labute approximate surface area is 195 Å². The first-order valence-electron chi connectivity index (χ1n) is 11.3. The van der Waals surface area contributed by atoms with Gasteiger partial charge in [-0.05, 0) is 42.7 Å². The highest BCUT2D eigenvalue weighted by atomic mass is 35.5. The van der Waals surface area contributed by atoms with E-state index in [0.29, 0.717) is 45.5 Å². The number of aromatic nitrogens is 3. The Morgan fingerprint density at radius 3 is 2.70 bits per heavy atom. The lowest BCUT2D eigenvalue weighted by Gasteiger charge is -2.20. The van der Waals surface area contributed by atoms with Crippen molar-refractivity contribution in [1.29, 1.82) is 0 Å². The van der Waals surface area contributed by atoms with Crippen LogP contribution in [0.2, 0.25) is 5.02 Å². The van der Waals surface area contributed by atoms with Crippen LogP contribution in [0.5, 0.6) is 0 Å². The van der Waals surface area contributed by atoms with Gasteiger partial charge in [-0.2, -0.15) is 0 Å². The van der Waals surface area contributed by atoms with Gasteiger partial charge in [-0.15, -0.1) is 0 Å². The first-order chi connectivity index (χ1) is 16.1. The number of aryl methyl sites for hydroxylation is 1. The van der Waals surface area contributed by atoms with Crippen molar-refractivity contribution in [2.24, 2.45) is 0 Å². The second kappa shape index (κ2) is 7.96. The molecule has 2 aromatic carbocycles. The molecule has 0 bridgehead atoms. The molecule has 0 radical (unpaired) electrons. The van der Waals surface area contributed by atoms with E-state index in [1.165, 1.54) is 11.6 Å². The summed E-state index contributed by atoms with van der Waals surface area (Å²) in [5.41, 5.74) is 2.37. The van der Waals surface area contributed by atoms with Gasteiger partial charge in [0, 0.05) is 42.6 Å². The van der Waals surface area contributed by atoms with E-state index in [4.69, 9.17) is 21.6 Å². The van der Waals surface area contributed by atoms with E-state index in [9.17, 15) is 9.18 Å². The fraction of sp³-hybridized carbons (Fsp3) is 0.269. The van der Waals surface area contributed by atoms with E-state index in [-0.39, 0.29) is 5.56 Å². The predicted molar refractivity (Wildman–Crippen MR) is 129 cm³/mol. The summed E-state index contributed by atoms with van der Waals surface area (Å²) < 4.78 is 16.7. The van der Waals surface area contributed by atoms with E-state index < -0.39 is 5.82 Å². The van der Waals surface area contributed by atoms with E-state index in [0.717, 1.165) is 38.2 Å². The molecule has 0 spiro atoms. The van der Waals surface area contributed by atoms with E-state index in [1.54, 1.807) is 16.7 Å². The molecule has 2 aliphatic heterocycles. The zero-order chi connectivity index (χ0) is 22.5. The van der Waals surface area contributed by atoms with Crippen LogP contribution in [0.25, 0.3) is 22.2 Å². The highest BCUT2D eigenvalue weighted by molar-refractivity contribution is 6.30. The quantitative estimate of drug-likeness (QED) is 0.422. The Balaban J connectivity index is 1.51. The molecule has 2 aromatic heterocycles. The van der Waals surface area contributed by atoms with Crippen molar-refractivity contribution < 1.29 is 4.39 Å². The topological polar surface area (TPSA) is 51.0 Å². The summed E-state index contributed by atoms with van der Waals surface area (Å²) in [6.07, 6.45) is 2.62. The van der Waals surface area contributed by atoms with Crippen molar-refractivity contribution in [3.05, 3.63) is 87.2 Å². The molecule has 1 atom stereocenters. The average molecular weight is 461 g/mol. The van der Waals surface area contributed by atoms with Gasteiger partial charge < -0.3 is 4.90 Å². The van der Waals surface area contributed by atoms with Gasteiger partial charge in [0.25, 0.3) is 5.56 Å². The number of hydrogen-bond acceptors (Lipinski definition) is 4. The lowest BCUT2D eigenvalue weighted by atomic mass is 9.99. The van der Waals surface area contributed by atoms with Gasteiger partial charge in [-0.1, -0.05) is 41.9 Å². The van der Waals surface area contributed by atoms with Gasteiger partial charge in [-0.25, -0.2) is 14.4 Å². The smallest absolute Gasteiger partial charge is 0.261 e. The number of nitrogens with zero attached hydrogens (tertiary/aromatic N) is 4. The van der Waals surface area contributed by atoms with Crippen molar-refractivity contribution in [2.45, 2.75) is 31.7 Å². The number of benzene rings is 2. The lowest BCUT2D eigenvalue weighted by Crippen LogP contribution is -2.24. The molecule has 33 heavy (non-hydrogen) atoms. The van der Waals surface area contributed by atoms with Crippen molar-refractivity contribution in [3.63, 3.8) is 0 Å². The normalized spacial score (nSPS) is 17.6. The van der Waals surface area contributed by atoms with Gasteiger partial charge in [0.1, 0.15) is 28.7 Å². The highest BCUT2D eigenvalue weighted by Gasteiger charge is 2.27. The van der Waals surface area contributed by atoms with Crippen molar-refractivity contribution in [1.82, 2.24) is 14.5 Å². The zero-order valence-corrected chi connectivity index (χ0v) is 18.7. The second-order valence-corrected chi connectivity index (χ2v) is 9.22. The Morgan fingerprint density at radius 2 is 1.88 bits per heavy atom. The number of halogens is 2. The summed E-state index contributed by atoms with van der Waals surface area (Å²) in [5, 5.41) is 0.800. The number of fused-ring (bicyclic) bond motifs is 2. The molecular formula is C26H22ClFN4O. The fourth-order valence-electron chi connectivity index (χ4n) is 5.07. The van der Waals surface area contributed by atoms with E-state index in [1.807, 2.05) is 12.1 Å². The molecule has 166 valence electrons. The van der Waals surface area contributed by atoms with E-state index in [2.05, 4.69) is 29.2 Å². The maximum absolute atomic E-state index is 15.0. The molecule has 1 saturated heterocycles. The average Bonchev–Trinajstić information content (AvgIpc) is 3.50. The van der Waals surface area contributed by atoms with Crippen LogP contribution in [0.4, 0.5) is 10.2 Å². The second-order valence-electron chi connectivity index (χ2n) is 8.78. The fourth-order valence-corrected chi connectivity index (χ4v) is 5.23. The molecule has 5 nitrogen and oxygen atoms in total. The molecule has 0 saturated carbocycles. The maximum Gasteiger partial charge on any atom is 0.261 e. The van der Waals surface area contributed by atoms with Crippen molar-refractivity contribution in [3.8, 4) is 11.3 Å². The number of pyridine rings is 1. The van der Waals surface area contributed by atoms with Crippen LogP contribution in [0.1, 0.15) is 30.1 Å². The molecule has 4 heterocycles. The Hall–Kier alpha value is -3.25. The maximum atomic E-state index is 15.0. The third-order valence-electron chi connectivity index (χ3n) is 6.76. The summed E-state index contributed by atoms with van der Waals surface area (Å²) in [5.74, 6) is 1.34. The summed E-state index contributed by atoms with van der Waals surface area (Å²) in [6, 6.07) is 16.8. The van der Waals surface area contributed by atoms with Crippen molar-refractivity contribution in [2.75, 3.05) is 18.0 Å². The molecule has 7 heteroatoms. The minimum atomic E-state index is -0.473. The third-order valence-corrected chi connectivity index (χ3v) is 6.99. The zero-order valence-electron chi connectivity index (χ0n) is 18.0. The van der Waals surface area contributed by atoms with Crippen LogP contribution in [-0.2, 0) is 13.0 Å². The van der Waals surface area contributed by atoms with Crippen LogP contribution in [0, 0.1) is 5.82 Å². The molecule has 6 rings (SSSR count). The Bertz CT molecular complexity index is 1440. The summed E-state index contributed by atoms with van der Waals surface area (Å²) in [7, 11) is 0. The standard InChI is InChI=1S/C26H22ClFN4O/c27-18-8-9-19(21(28)13-18)24-25-20(26(33)32-11-4-7-22(32)29-25)14-23(30-24)31-12-10-17(15-31)16-5-2-1-3-6-16/h1-3,5-6,8-9,13-14,17H,4,7,10-12,15H2/t17-/m1/s1. The van der Waals surface area contributed by atoms with Crippen molar-refractivity contribution >= 4 is 28.3 Å². The predicted octanol–water partition coefficient (Wildman–Crippen LogP) is 5.19. The van der Waals surface area contributed by atoms with Gasteiger partial charge >= 0.3 is 0 Å². The van der Waals surface area contributed by atoms with E-state index >= 15 is 0 Å². The van der Waals surface area contributed by atoms with Crippen LogP contribution in [0.15, 0.2) is 59.4 Å². The summed E-state index contributed by atoms with van der Waals surface area (Å²) in [6.45, 7) is 2.28. The first kappa shape index (κ1) is 20.4. The van der Waals surface area contributed by atoms with Crippen LogP contribution >= 0.6 is 11.6 Å². The molecule has 0 unspecified atom stereocenters. The monoisotopic (exact) mass is 460 g/mol. The molecular weight excluding hydrogens is 439 g/mol.